The quantitative estimate of drug-likeness (QED) is 0.787. The average Bonchev–Trinajstić information content (AvgIpc) is 2.44. The van der Waals surface area contributed by atoms with E-state index in [1.807, 2.05) is 6.92 Å². The second-order valence-electron chi connectivity index (χ2n) is 3.82. The number of carbonyl (C=O) groups excluding carboxylic acids is 2. The van der Waals surface area contributed by atoms with Gasteiger partial charge in [-0.25, -0.2) is 0 Å². The van der Waals surface area contributed by atoms with Crippen molar-refractivity contribution in [2.24, 2.45) is 0 Å². The van der Waals surface area contributed by atoms with Gasteiger partial charge in [-0.1, -0.05) is 6.92 Å². The van der Waals surface area contributed by atoms with E-state index in [1.165, 1.54) is 14.2 Å². The second-order valence-corrected chi connectivity index (χ2v) is 3.82. The highest BCUT2D eigenvalue weighted by Crippen LogP contribution is 2.27. The van der Waals surface area contributed by atoms with Gasteiger partial charge >= 0.3 is 0 Å². The van der Waals surface area contributed by atoms with Crippen molar-refractivity contribution in [1.29, 1.82) is 0 Å². The first-order valence-electron chi connectivity index (χ1n) is 5.93. The number of carbonyl (C=O) groups is 2. The molecule has 0 aliphatic carbocycles. The summed E-state index contributed by atoms with van der Waals surface area (Å²) >= 11 is 0. The van der Waals surface area contributed by atoms with E-state index in [1.54, 1.807) is 18.2 Å². The summed E-state index contributed by atoms with van der Waals surface area (Å²) in [5, 5.41) is 0. The van der Waals surface area contributed by atoms with Crippen LogP contribution in [0.25, 0.3) is 0 Å². The van der Waals surface area contributed by atoms with Gasteiger partial charge in [-0.05, 0) is 24.6 Å². The molecule has 6 heteroatoms. The zero-order valence-corrected chi connectivity index (χ0v) is 11.3. The third kappa shape index (κ3) is 4.17. The smallest absolute Gasteiger partial charge is 0.269 e. The zero-order chi connectivity index (χ0) is 14.3. The first kappa shape index (κ1) is 14.8. The molecule has 0 aromatic heterocycles. The molecule has 0 heterocycles. The third-order valence-electron chi connectivity index (χ3n) is 2.44. The Labute approximate surface area is 112 Å². The molecule has 0 aliphatic rings. The highest BCUT2D eigenvalue weighted by molar-refractivity contribution is 5.96. The number of rotatable bonds is 5. The summed E-state index contributed by atoms with van der Waals surface area (Å²) in [4.78, 5) is 23.0. The van der Waals surface area contributed by atoms with E-state index < -0.39 is 5.91 Å². The van der Waals surface area contributed by atoms with E-state index in [0.717, 1.165) is 6.42 Å². The molecule has 2 amide bonds. The predicted octanol–water partition coefficient (Wildman–Crippen LogP) is 1.26. The van der Waals surface area contributed by atoms with Crippen LogP contribution < -0.4 is 20.3 Å². The molecule has 1 rings (SSSR count). The standard InChI is InChI=1S/C13H18N2O4/c1-4-5-12(16)14-15-13(17)9-6-7-10(18-2)11(8-9)19-3/h6-8H,4-5H2,1-3H3,(H,14,16)(H,15,17). The van der Waals surface area contributed by atoms with E-state index in [9.17, 15) is 9.59 Å². The van der Waals surface area contributed by atoms with Gasteiger partial charge in [0, 0.05) is 12.0 Å². The zero-order valence-electron chi connectivity index (χ0n) is 11.3. The first-order chi connectivity index (χ1) is 9.12. The number of hydrogen-bond donors (Lipinski definition) is 2. The van der Waals surface area contributed by atoms with Crippen molar-refractivity contribution in [1.82, 2.24) is 10.9 Å². The molecule has 1 aromatic carbocycles. The molecule has 0 radical (unpaired) electrons. The molecule has 0 spiro atoms. The van der Waals surface area contributed by atoms with Crippen molar-refractivity contribution in [2.75, 3.05) is 14.2 Å². The summed E-state index contributed by atoms with van der Waals surface area (Å²) in [5.74, 6) is 0.353. The number of benzene rings is 1. The summed E-state index contributed by atoms with van der Waals surface area (Å²) in [6.45, 7) is 1.88. The van der Waals surface area contributed by atoms with Crippen LogP contribution in [0.5, 0.6) is 11.5 Å². The average molecular weight is 266 g/mol. The van der Waals surface area contributed by atoms with Crippen molar-refractivity contribution >= 4 is 11.8 Å². The molecule has 2 N–H and O–H groups in total. The van der Waals surface area contributed by atoms with Crippen molar-refractivity contribution < 1.29 is 19.1 Å². The monoisotopic (exact) mass is 266 g/mol. The first-order valence-corrected chi connectivity index (χ1v) is 5.93. The van der Waals surface area contributed by atoms with Crippen LogP contribution in [-0.4, -0.2) is 26.0 Å². The lowest BCUT2D eigenvalue weighted by Gasteiger charge is -2.10. The van der Waals surface area contributed by atoms with Crippen LogP contribution in [0.1, 0.15) is 30.1 Å². The van der Waals surface area contributed by atoms with Crippen LogP contribution in [0.3, 0.4) is 0 Å². The highest BCUT2D eigenvalue weighted by atomic mass is 16.5. The topological polar surface area (TPSA) is 76.7 Å². The lowest BCUT2D eigenvalue weighted by atomic mass is 10.2. The van der Waals surface area contributed by atoms with Crippen LogP contribution in [0, 0.1) is 0 Å². The van der Waals surface area contributed by atoms with Crippen LogP contribution in [0.4, 0.5) is 0 Å². The van der Waals surface area contributed by atoms with E-state index in [2.05, 4.69) is 10.9 Å². The Kier molecular flexibility index (Phi) is 5.66. The molecule has 0 saturated carbocycles. The maximum atomic E-state index is 11.8. The minimum atomic E-state index is -0.412. The van der Waals surface area contributed by atoms with Crippen molar-refractivity contribution in [2.45, 2.75) is 19.8 Å². The minimum absolute atomic E-state index is 0.226. The fourth-order valence-corrected chi connectivity index (χ4v) is 1.47. The molecule has 0 fully saturated rings. The molecule has 6 nitrogen and oxygen atoms in total. The lowest BCUT2D eigenvalue weighted by Crippen LogP contribution is -2.41. The van der Waals surface area contributed by atoms with Gasteiger partial charge in [0.2, 0.25) is 5.91 Å². The Morgan fingerprint density at radius 1 is 1.11 bits per heavy atom. The molecule has 0 saturated heterocycles. The van der Waals surface area contributed by atoms with Crippen LogP contribution in [0.15, 0.2) is 18.2 Å². The van der Waals surface area contributed by atoms with Crippen LogP contribution >= 0.6 is 0 Å². The van der Waals surface area contributed by atoms with Gasteiger partial charge in [-0.15, -0.1) is 0 Å². The molecule has 0 bridgehead atoms. The molecule has 0 aliphatic heterocycles. The third-order valence-corrected chi connectivity index (χ3v) is 2.44. The fraction of sp³-hybridized carbons (Fsp3) is 0.385. The van der Waals surface area contributed by atoms with Gasteiger partial charge in [0.1, 0.15) is 0 Å². The molecular formula is C13H18N2O4. The molecule has 0 atom stereocenters. The number of ether oxygens (including phenoxy) is 2. The van der Waals surface area contributed by atoms with E-state index in [-0.39, 0.29) is 5.91 Å². The number of nitrogens with one attached hydrogen (secondary N) is 2. The van der Waals surface area contributed by atoms with Gasteiger partial charge in [0.05, 0.1) is 14.2 Å². The molecular weight excluding hydrogens is 248 g/mol. The Bertz CT molecular complexity index is 460. The highest BCUT2D eigenvalue weighted by Gasteiger charge is 2.11. The predicted molar refractivity (Wildman–Crippen MR) is 70.1 cm³/mol. The summed E-state index contributed by atoms with van der Waals surface area (Å²) in [6.07, 6.45) is 1.09. The Morgan fingerprint density at radius 2 is 1.79 bits per heavy atom. The van der Waals surface area contributed by atoms with Gasteiger partial charge < -0.3 is 9.47 Å². The molecule has 1 aromatic rings. The molecule has 19 heavy (non-hydrogen) atoms. The van der Waals surface area contributed by atoms with Crippen molar-refractivity contribution in [3.05, 3.63) is 23.8 Å². The summed E-state index contributed by atoms with van der Waals surface area (Å²) in [5.41, 5.74) is 5.04. The number of amides is 2. The van der Waals surface area contributed by atoms with Gasteiger partial charge in [-0.3, -0.25) is 20.4 Å². The number of methoxy groups -OCH3 is 2. The van der Waals surface area contributed by atoms with Gasteiger partial charge in [0.25, 0.3) is 5.91 Å². The normalized spacial score (nSPS) is 9.63. The molecule has 104 valence electrons. The number of hydrogen-bond acceptors (Lipinski definition) is 4. The van der Waals surface area contributed by atoms with E-state index in [4.69, 9.17) is 9.47 Å². The Morgan fingerprint density at radius 3 is 2.37 bits per heavy atom. The summed E-state index contributed by atoms with van der Waals surface area (Å²) in [6, 6.07) is 4.75. The Balaban J connectivity index is 2.69. The maximum absolute atomic E-state index is 11.8. The van der Waals surface area contributed by atoms with Gasteiger partial charge in [-0.2, -0.15) is 0 Å². The lowest BCUT2D eigenvalue weighted by molar-refractivity contribution is -0.121. The van der Waals surface area contributed by atoms with Crippen molar-refractivity contribution in [3.8, 4) is 11.5 Å². The Hall–Kier alpha value is -2.24. The molecule has 0 unspecified atom stereocenters. The SMILES string of the molecule is CCCC(=O)NNC(=O)c1ccc(OC)c(OC)c1. The second kappa shape index (κ2) is 7.25. The summed E-state index contributed by atoms with van der Waals surface area (Å²) in [7, 11) is 3.01. The van der Waals surface area contributed by atoms with Gasteiger partial charge in [0.15, 0.2) is 11.5 Å². The minimum Gasteiger partial charge on any atom is -0.493 e. The van der Waals surface area contributed by atoms with Crippen LogP contribution in [-0.2, 0) is 4.79 Å². The van der Waals surface area contributed by atoms with E-state index >= 15 is 0 Å². The maximum Gasteiger partial charge on any atom is 0.269 e. The number of hydrazine groups is 1. The largest absolute Gasteiger partial charge is 0.493 e. The van der Waals surface area contributed by atoms with Crippen molar-refractivity contribution in [3.63, 3.8) is 0 Å². The fourth-order valence-electron chi connectivity index (χ4n) is 1.47. The van der Waals surface area contributed by atoms with Crippen LogP contribution in [0.2, 0.25) is 0 Å². The summed E-state index contributed by atoms with van der Waals surface area (Å²) < 4.78 is 10.2. The van der Waals surface area contributed by atoms with E-state index in [0.29, 0.717) is 23.5 Å².